The average Bonchev–Trinajstić information content (AvgIpc) is 3.84. The van der Waals surface area contributed by atoms with Gasteiger partial charge in [0.15, 0.2) is 0 Å². The van der Waals surface area contributed by atoms with Gasteiger partial charge in [0.05, 0.1) is 0 Å². The van der Waals surface area contributed by atoms with Crippen LogP contribution in [0, 0.1) is 0 Å². The number of rotatable bonds is 6. The van der Waals surface area contributed by atoms with E-state index in [1.165, 1.54) is 55.6 Å². The van der Waals surface area contributed by atoms with Crippen molar-refractivity contribution in [1.82, 2.24) is 0 Å². The first-order chi connectivity index (χ1) is 26.5. The first kappa shape index (κ1) is 39.9. The van der Waals surface area contributed by atoms with E-state index in [0.717, 1.165) is 23.3 Å². The van der Waals surface area contributed by atoms with Crippen molar-refractivity contribution in [2.75, 3.05) is 0 Å². The van der Waals surface area contributed by atoms with Crippen LogP contribution in [0.2, 0.25) is 3.63 Å². The normalized spacial score (nSPS) is 14.6. The molecule has 2 aliphatic carbocycles. The molecule has 2 aliphatic rings. The van der Waals surface area contributed by atoms with Crippen molar-refractivity contribution in [2.24, 2.45) is 0 Å². The zero-order chi connectivity index (χ0) is 39.6. The molecule has 0 heterocycles. The van der Waals surface area contributed by atoms with Crippen molar-refractivity contribution in [3.8, 4) is 33.4 Å². The van der Waals surface area contributed by atoms with E-state index in [1.54, 1.807) is 0 Å². The molecule has 0 bridgehead atoms. The molecule has 0 fully saturated rings. The van der Waals surface area contributed by atoms with Crippen molar-refractivity contribution in [1.29, 1.82) is 0 Å². The molecule has 0 nitrogen and oxygen atoms in total. The topological polar surface area (TPSA) is 0 Å². The summed E-state index contributed by atoms with van der Waals surface area (Å²) in [6.45, 7) is 13.9. The monoisotopic (exact) mass is 976 g/mol. The Hall–Kier alpha value is -2.91. The Bertz CT molecular complexity index is 2430. The maximum atomic E-state index is 9.05. The third-order valence-electron chi connectivity index (χ3n) is 11.7. The van der Waals surface area contributed by atoms with Gasteiger partial charge in [-0.2, -0.15) is 0 Å². The maximum absolute atomic E-state index is 9.05. The van der Waals surface area contributed by atoms with E-state index < -0.39 is 15.9 Å². The predicted octanol–water partition coefficient (Wildman–Crippen LogP) is 16.4. The molecule has 8 rings (SSSR count). The van der Waals surface area contributed by atoms with Crippen LogP contribution in [0.1, 0.15) is 78.5 Å². The first-order valence-corrected chi connectivity index (χ1v) is 31.3. The summed E-state index contributed by atoms with van der Waals surface area (Å²) >= 11 is 1.76. The fourth-order valence-corrected chi connectivity index (χ4v) is 29.0. The number of allylic oxidation sites excluding steroid dienone is 4. The van der Waals surface area contributed by atoms with Gasteiger partial charge in [-0.05, 0) is 0 Å². The second-order valence-corrected chi connectivity index (χ2v) is 40.0. The van der Waals surface area contributed by atoms with E-state index in [1.807, 2.05) is 0 Å². The van der Waals surface area contributed by atoms with Crippen LogP contribution in [0.4, 0.5) is 0 Å². The molecule has 0 N–H and O–H groups in total. The summed E-state index contributed by atoms with van der Waals surface area (Å²) in [4.78, 5) is 0. The Morgan fingerprint density at radius 3 is 1.23 bits per heavy atom. The number of benzene rings is 6. The van der Waals surface area contributed by atoms with Crippen molar-refractivity contribution < 1.29 is 15.9 Å². The summed E-state index contributed by atoms with van der Waals surface area (Å²) in [5.74, 6) is 0. The summed E-state index contributed by atoms with van der Waals surface area (Å²) in [5, 5.41) is 0. The van der Waals surface area contributed by atoms with Crippen LogP contribution in [0.3, 0.4) is 0 Å². The van der Waals surface area contributed by atoms with Crippen molar-refractivity contribution >= 4 is 52.1 Å². The molecule has 0 atom stereocenters. The van der Waals surface area contributed by atoms with Gasteiger partial charge in [-0.15, -0.1) is 0 Å². The van der Waals surface area contributed by atoms with Crippen molar-refractivity contribution in [3.63, 3.8) is 0 Å². The van der Waals surface area contributed by atoms with E-state index in [4.69, 9.17) is 17.0 Å². The van der Waals surface area contributed by atoms with Crippen LogP contribution < -0.4 is 0 Å². The molecule has 0 radical (unpaired) electrons. The Balaban J connectivity index is 1.61. The van der Waals surface area contributed by atoms with E-state index in [9.17, 15) is 0 Å². The molecule has 0 saturated heterocycles. The molecule has 56 heavy (non-hydrogen) atoms. The average molecular weight is 981 g/mol. The molecule has 0 aromatic heterocycles. The number of hydrogen-bond acceptors (Lipinski definition) is 0. The van der Waals surface area contributed by atoms with Crippen LogP contribution in [0.15, 0.2) is 167 Å². The van der Waals surface area contributed by atoms with Gasteiger partial charge in [0.2, 0.25) is 0 Å². The van der Waals surface area contributed by atoms with Gasteiger partial charge in [0, 0.05) is 0 Å². The molecule has 0 saturated carbocycles. The fraction of sp³-hybridized carbons (Fsp3) is 0.196. The number of hydrogen-bond donors (Lipinski definition) is 0. The van der Waals surface area contributed by atoms with Gasteiger partial charge < -0.3 is 0 Å². The zero-order valence-electron chi connectivity index (χ0n) is 32.7. The third-order valence-corrected chi connectivity index (χ3v) is 32.4. The minimum atomic E-state index is -5.68. The van der Waals surface area contributed by atoms with E-state index in [0.29, 0.717) is 0 Å². The van der Waals surface area contributed by atoms with Gasteiger partial charge in [0.1, 0.15) is 0 Å². The Morgan fingerprint density at radius 2 is 0.875 bits per heavy atom. The molecular weight excluding hydrogens is 934 g/mol. The number of halogens is 4. The van der Waals surface area contributed by atoms with Crippen LogP contribution >= 0.6 is 48.9 Å². The molecule has 0 spiro atoms. The summed E-state index contributed by atoms with van der Waals surface area (Å²) < 4.78 is 2.64. The Morgan fingerprint density at radius 1 is 0.500 bits per heavy atom. The summed E-state index contributed by atoms with van der Waals surface area (Å²) in [7, 11) is 18.1. The molecule has 0 amide bonds. The van der Waals surface area contributed by atoms with E-state index in [2.05, 4.69) is 231 Å². The third kappa shape index (κ3) is 6.92. The quantitative estimate of drug-likeness (QED) is 0.156. The van der Waals surface area contributed by atoms with E-state index in [-0.39, 0.29) is 18.1 Å². The van der Waals surface area contributed by atoms with Crippen molar-refractivity contribution in [3.05, 3.63) is 200 Å². The summed E-state index contributed by atoms with van der Waals surface area (Å²) in [6, 6.07) is 48.8. The molecule has 5 heteroatoms. The molecule has 0 unspecified atom stereocenters. The second kappa shape index (κ2) is 14.7. The van der Waals surface area contributed by atoms with Gasteiger partial charge in [-0.25, -0.2) is 0 Å². The van der Waals surface area contributed by atoms with Gasteiger partial charge in [-0.3, -0.25) is 0 Å². The van der Waals surface area contributed by atoms with Crippen LogP contribution in [0.25, 0.3) is 33.4 Å². The standard InChI is InChI=1S/C33H33.C13H8Br2.C5H5.2ClH.Zr/c1-32(2,3)30-20-26-24(18-28(30)22-13-9-7-10-14-22)17-25-19-29(23-15-11-8-12-16-23)31(21-27(25)26)33(4,5)6;14-12-5-1-10(2-6-12)9-11-3-7-13(15)8-4-11;1-2-4-5-3-1;;;/h7-21H,1-6H3;1-8H;1-5H;2*1H;/q;;;;;+2/p-2. The minimum absolute atomic E-state index is 0.127. The van der Waals surface area contributed by atoms with Gasteiger partial charge in [0.25, 0.3) is 0 Å². The fourth-order valence-electron chi connectivity index (χ4n) is 9.11. The number of fused-ring (bicyclic) bond motifs is 3. The van der Waals surface area contributed by atoms with Crippen LogP contribution in [-0.2, 0) is 26.7 Å². The Kier molecular flexibility index (Phi) is 10.5. The first-order valence-electron chi connectivity index (χ1n) is 19.4. The Labute approximate surface area is 357 Å². The molecule has 6 aromatic rings. The van der Waals surface area contributed by atoms with E-state index >= 15 is 0 Å². The van der Waals surface area contributed by atoms with Crippen LogP contribution in [0.5, 0.6) is 0 Å². The summed E-state index contributed by atoms with van der Waals surface area (Å²) in [6.07, 6.45) is 8.81. The zero-order valence-corrected chi connectivity index (χ0v) is 39.8. The molecule has 6 aromatic carbocycles. The van der Waals surface area contributed by atoms with Gasteiger partial charge >= 0.3 is 361 Å². The van der Waals surface area contributed by atoms with Gasteiger partial charge in [-0.1, -0.05) is 0 Å². The van der Waals surface area contributed by atoms with Crippen molar-refractivity contribution in [2.45, 2.75) is 59.6 Å². The molecule has 0 aliphatic heterocycles. The molecule has 282 valence electrons. The summed E-state index contributed by atoms with van der Waals surface area (Å²) in [5.41, 5.74) is 14.2. The SMILES string of the molecule is CC(C)(C)c1cc2c(cc1-c1ccccc1)[CH]([Zr]([Cl])([Cl])(=[C](c1ccc(Br)cc1)c1ccc(Br)cc1)[CH]1C=CC=C1)c1cc(-c3ccccc3)c(C(C)(C)C)cc1-2. The second-order valence-electron chi connectivity index (χ2n) is 17.5. The van der Waals surface area contributed by atoms with Crippen LogP contribution in [-0.4, -0.2) is 3.21 Å². The predicted molar refractivity (Wildman–Crippen MR) is 247 cm³/mol. The molecular formula is C51H46Br2Cl2Zr.